The van der Waals surface area contributed by atoms with E-state index in [2.05, 4.69) is 24.4 Å². The maximum Gasteiger partial charge on any atom is 0.143 e. The standard InChI is InChI=1S/C14H13FN2S/c1-2-12-5-6-13(18-12)9-17-11-4-3-10(8-16)14(15)7-11/h3-7,17H,2,9H2,1H3. The lowest BCUT2D eigenvalue weighted by molar-refractivity contribution is 0.624. The minimum absolute atomic E-state index is 0.0740. The molecule has 0 spiro atoms. The van der Waals surface area contributed by atoms with Crippen LogP contribution in [0.4, 0.5) is 10.1 Å². The molecule has 0 unspecified atom stereocenters. The molecule has 2 rings (SSSR count). The third-order valence-corrected chi connectivity index (χ3v) is 3.85. The number of rotatable bonds is 4. The van der Waals surface area contributed by atoms with Crippen molar-refractivity contribution in [1.29, 1.82) is 5.26 Å². The Morgan fingerprint density at radius 2 is 2.06 bits per heavy atom. The van der Waals surface area contributed by atoms with Gasteiger partial charge in [-0.15, -0.1) is 11.3 Å². The van der Waals surface area contributed by atoms with Crippen molar-refractivity contribution in [3.8, 4) is 6.07 Å². The molecule has 2 aromatic rings. The number of halogens is 1. The van der Waals surface area contributed by atoms with Crippen molar-refractivity contribution < 1.29 is 4.39 Å². The normalized spacial score (nSPS) is 10.1. The number of benzene rings is 1. The number of nitrogens with zero attached hydrogens (tertiary/aromatic N) is 1. The number of aryl methyl sites for hydroxylation is 1. The summed E-state index contributed by atoms with van der Waals surface area (Å²) in [6, 6.07) is 10.6. The third kappa shape index (κ3) is 2.88. The largest absolute Gasteiger partial charge is 0.380 e. The predicted molar refractivity (Wildman–Crippen MR) is 72.1 cm³/mol. The van der Waals surface area contributed by atoms with Gasteiger partial charge in [0.15, 0.2) is 0 Å². The Balaban J connectivity index is 2.02. The zero-order chi connectivity index (χ0) is 13.0. The molecule has 0 bridgehead atoms. The summed E-state index contributed by atoms with van der Waals surface area (Å²) in [5, 5.41) is 11.8. The van der Waals surface area contributed by atoms with Gasteiger partial charge >= 0.3 is 0 Å². The van der Waals surface area contributed by atoms with Crippen LogP contribution < -0.4 is 5.32 Å². The molecule has 0 aliphatic carbocycles. The van der Waals surface area contributed by atoms with E-state index in [-0.39, 0.29) is 5.56 Å². The van der Waals surface area contributed by atoms with Gasteiger partial charge < -0.3 is 5.32 Å². The van der Waals surface area contributed by atoms with Gasteiger partial charge in [-0.2, -0.15) is 5.26 Å². The molecule has 0 saturated heterocycles. The van der Waals surface area contributed by atoms with Crippen LogP contribution in [0.1, 0.15) is 22.2 Å². The molecular formula is C14H13FN2S. The number of hydrogen-bond donors (Lipinski definition) is 1. The van der Waals surface area contributed by atoms with Crippen LogP contribution >= 0.6 is 11.3 Å². The highest BCUT2D eigenvalue weighted by molar-refractivity contribution is 7.12. The smallest absolute Gasteiger partial charge is 0.143 e. The van der Waals surface area contributed by atoms with Crippen LogP contribution in [-0.4, -0.2) is 0 Å². The Labute approximate surface area is 110 Å². The molecule has 0 radical (unpaired) electrons. The topological polar surface area (TPSA) is 35.8 Å². The first kappa shape index (κ1) is 12.6. The van der Waals surface area contributed by atoms with Crippen LogP contribution in [-0.2, 0) is 13.0 Å². The monoisotopic (exact) mass is 260 g/mol. The van der Waals surface area contributed by atoms with Crippen LogP contribution in [0.5, 0.6) is 0 Å². The highest BCUT2D eigenvalue weighted by Crippen LogP contribution is 2.19. The molecule has 1 aromatic heterocycles. The second-order valence-corrected chi connectivity index (χ2v) is 5.13. The maximum atomic E-state index is 13.4. The van der Waals surface area contributed by atoms with Crippen LogP contribution in [0, 0.1) is 17.1 Å². The maximum absolute atomic E-state index is 13.4. The fourth-order valence-electron chi connectivity index (χ4n) is 1.61. The van der Waals surface area contributed by atoms with E-state index in [0.717, 1.165) is 6.42 Å². The molecule has 0 amide bonds. The number of thiophene rings is 1. The Kier molecular flexibility index (Phi) is 3.96. The van der Waals surface area contributed by atoms with Crippen molar-refractivity contribution in [3.63, 3.8) is 0 Å². The third-order valence-electron chi connectivity index (χ3n) is 2.62. The van der Waals surface area contributed by atoms with Crippen LogP contribution in [0.3, 0.4) is 0 Å². The minimum atomic E-state index is -0.483. The number of nitriles is 1. The summed E-state index contributed by atoms with van der Waals surface area (Å²) < 4.78 is 13.4. The van der Waals surface area contributed by atoms with E-state index >= 15 is 0 Å². The van der Waals surface area contributed by atoms with Gasteiger partial charge in [0.05, 0.1) is 5.56 Å². The lowest BCUT2D eigenvalue weighted by Crippen LogP contribution is -1.98. The lowest BCUT2D eigenvalue weighted by atomic mass is 10.2. The fraction of sp³-hybridized carbons (Fsp3) is 0.214. The molecule has 2 nitrogen and oxygen atoms in total. The fourth-order valence-corrected chi connectivity index (χ4v) is 2.51. The van der Waals surface area contributed by atoms with E-state index in [4.69, 9.17) is 5.26 Å². The Hall–Kier alpha value is -1.86. The molecule has 1 aromatic carbocycles. The summed E-state index contributed by atoms with van der Waals surface area (Å²) in [6.45, 7) is 2.80. The van der Waals surface area contributed by atoms with Gasteiger partial charge in [0.1, 0.15) is 11.9 Å². The minimum Gasteiger partial charge on any atom is -0.380 e. The molecule has 1 heterocycles. The average Bonchev–Trinajstić information content (AvgIpc) is 2.84. The molecule has 4 heteroatoms. The zero-order valence-electron chi connectivity index (χ0n) is 10.0. The molecule has 0 saturated carbocycles. The van der Waals surface area contributed by atoms with Gasteiger partial charge in [-0.05, 0) is 36.8 Å². The van der Waals surface area contributed by atoms with Crippen molar-refractivity contribution in [2.75, 3.05) is 5.32 Å². The molecule has 92 valence electrons. The summed E-state index contributed by atoms with van der Waals surface area (Å²) in [5.41, 5.74) is 0.767. The average molecular weight is 260 g/mol. The van der Waals surface area contributed by atoms with E-state index in [0.29, 0.717) is 12.2 Å². The number of hydrogen-bond acceptors (Lipinski definition) is 3. The quantitative estimate of drug-likeness (QED) is 0.904. The predicted octanol–water partition coefficient (Wildman–Crippen LogP) is 3.93. The van der Waals surface area contributed by atoms with E-state index in [1.807, 2.05) is 0 Å². The molecule has 0 atom stereocenters. The summed E-state index contributed by atoms with van der Waals surface area (Å²) in [4.78, 5) is 2.56. The van der Waals surface area contributed by atoms with E-state index in [1.54, 1.807) is 23.5 Å². The number of nitrogens with one attached hydrogen (secondary N) is 1. The van der Waals surface area contributed by atoms with E-state index in [9.17, 15) is 4.39 Å². The summed E-state index contributed by atoms with van der Waals surface area (Å²) in [6.07, 6.45) is 1.04. The van der Waals surface area contributed by atoms with Crippen molar-refractivity contribution in [3.05, 3.63) is 51.5 Å². The summed E-state index contributed by atoms with van der Waals surface area (Å²) in [5.74, 6) is -0.483. The molecule has 18 heavy (non-hydrogen) atoms. The van der Waals surface area contributed by atoms with Crippen molar-refractivity contribution in [2.45, 2.75) is 19.9 Å². The molecule has 1 N–H and O–H groups in total. The van der Waals surface area contributed by atoms with Gasteiger partial charge in [-0.1, -0.05) is 6.92 Å². The summed E-state index contributed by atoms with van der Waals surface area (Å²) >= 11 is 1.76. The highest BCUT2D eigenvalue weighted by Gasteiger charge is 2.03. The van der Waals surface area contributed by atoms with Gasteiger partial charge in [-0.3, -0.25) is 0 Å². The van der Waals surface area contributed by atoms with Crippen LogP contribution in [0.25, 0.3) is 0 Å². The van der Waals surface area contributed by atoms with Gasteiger partial charge in [0.2, 0.25) is 0 Å². The first-order chi connectivity index (χ1) is 8.72. The first-order valence-corrected chi connectivity index (χ1v) is 6.55. The Morgan fingerprint density at radius 1 is 1.28 bits per heavy atom. The molecule has 0 fully saturated rings. The van der Waals surface area contributed by atoms with E-state index in [1.165, 1.54) is 21.9 Å². The second-order valence-electron chi connectivity index (χ2n) is 3.88. The van der Waals surface area contributed by atoms with E-state index < -0.39 is 5.82 Å². The SMILES string of the molecule is CCc1ccc(CNc2ccc(C#N)c(F)c2)s1. The first-order valence-electron chi connectivity index (χ1n) is 5.74. The molecule has 0 aliphatic heterocycles. The Morgan fingerprint density at radius 3 is 2.67 bits per heavy atom. The molecule has 0 aliphatic rings. The molecular weight excluding hydrogens is 247 g/mol. The van der Waals surface area contributed by atoms with Gasteiger partial charge in [0.25, 0.3) is 0 Å². The van der Waals surface area contributed by atoms with Crippen LogP contribution in [0.15, 0.2) is 30.3 Å². The summed E-state index contributed by atoms with van der Waals surface area (Å²) in [7, 11) is 0. The van der Waals surface area contributed by atoms with Crippen molar-refractivity contribution in [2.24, 2.45) is 0 Å². The van der Waals surface area contributed by atoms with Crippen molar-refractivity contribution >= 4 is 17.0 Å². The zero-order valence-corrected chi connectivity index (χ0v) is 10.9. The van der Waals surface area contributed by atoms with Gasteiger partial charge in [-0.25, -0.2) is 4.39 Å². The highest BCUT2D eigenvalue weighted by atomic mass is 32.1. The van der Waals surface area contributed by atoms with Gasteiger partial charge in [0, 0.05) is 22.0 Å². The number of anilines is 1. The van der Waals surface area contributed by atoms with Crippen molar-refractivity contribution in [1.82, 2.24) is 0 Å². The Bertz CT molecular complexity index is 584. The van der Waals surface area contributed by atoms with Crippen LogP contribution in [0.2, 0.25) is 0 Å². The second kappa shape index (κ2) is 5.65. The lowest BCUT2D eigenvalue weighted by Gasteiger charge is -2.05.